The van der Waals surface area contributed by atoms with E-state index in [2.05, 4.69) is 67.9 Å². The van der Waals surface area contributed by atoms with Crippen LogP contribution in [0.2, 0.25) is 0 Å². The summed E-state index contributed by atoms with van der Waals surface area (Å²) < 4.78 is 2.10. The van der Waals surface area contributed by atoms with Gasteiger partial charge in [0.1, 0.15) is 0 Å². The summed E-state index contributed by atoms with van der Waals surface area (Å²) in [6.45, 7) is 6.31. The third-order valence-electron chi connectivity index (χ3n) is 4.42. The SMILES string of the molecule is Cc1cc(C)c([N-]c2ccc3ccn(-c4ccccc4)c3n2)c(C)c1.[CH3-].[CH3-].[CH3-].[Hf+4]. The van der Waals surface area contributed by atoms with Crippen LogP contribution in [-0.4, -0.2) is 9.55 Å². The van der Waals surface area contributed by atoms with Crippen LogP contribution in [0.25, 0.3) is 22.0 Å². The Hall–Kier alpha value is -2.20. The number of nitrogens with zero attached hydrogens (tertiary/aromatic N) is 3. The summed E-state index contributed by atoms with van der Waals surface area (Å²) in [7, 11) is 0. The van der Waals surface area contributed by atoms with Gasteiger partial charge in [-0.15, -0.1) is 0 Å². The van der Waals surface area contributed by atoms with Crippen molar-refractivity contribution in [1.29, 1.82) is 0 Å². The van der Waals surface area contributed by atoms with Gasteiger partial charge >= 0.3 is 25.8 Å². The minimum Gasteiger partial charge on any atom is -0.436 e. The maximum Gasteiger partial charge on any atom is 4.00 e. The molecule has 0 atom stereocenters. The van der Waals surface area contributed by atoms with Gasteiger partial charge in [0.25, 0.3) is 0 Å². The van der Waals surface area contributed by atoms with E-state index in [0.29, 0.717) is 0 Å². The Morgan fingerprint density at radius 3 is 2.03 bits per heavy atom. The molecule has 0 bridgehead atoms. The number of aromatic nitrogens is 2. The topological polar surface area (TPSA) is 31.9 Å². The molecule has 2 aromatic carbocycles. The summed E-state index contributed by atoms with van der Waals surface area (Å²) in [5.41, 5.74) is 6.65. The third kappa shape index (κ3) is 5.45. The van der Waals surface area contributed by atoms with Crippen molar-refractivity contribution < 1.29 is 25.8 Å². The van der Waals surface area contributed by atoms with Crippen LogP contribution in [0.3, 0.4) is 0 Å². The molecular weight excluding hydrogens is 521 g/mol. The Labute approximate surface area is 195 Å². The summed E-state index contributed by atoms with van der Waals surface area (Å²) in [4.78, 5) is 4.81. The van der Waals surface area contributed by atoms with Gasteiger partial charge in [0.15, 0.2) is 0 Å². The Bertz CT molecular complexity index is 1030. The molecule has 148 valence electrons. The van der Waals surface area contributed by atoms with Crippen molar-refractivity contribution in [2.24, 2.45) is 0 Å². The van der Waals surface area contributed by atoms with Crippen LogP contribution in [0.4, 0.5) is 11.5 Å². The number of rotatable bonds is 3. The molecule has 0 spiro atoms. The number of para-hydroxylation sites is 1. The van der Waals surface area contributed by atoms with Gasteiger partial charge in [-0.3, -0.25) is 0 Å². The van der Waals surface area contributed by atoms with E-state index in [9.17, 15) is 0 Å². The first-order valence-electron chi connectivity index (χ1n) is 8.45. The van der Waals surface area contributed by atoms with Crippen molar-refractivity contribution in [2.75, 3.05) is 0 Å². The van der Waals surface area contributed by atoms with Crippen LogP contribution in [0, 0.1) is 43.1 Å². The monoisotopic (exact) mass is 551 g/mol. The average molecular weight is 550 g/mol. The smallest absolute Gasteiger partial charge is 0.436 e. The molecule has 4 heteroatoms. The average Bonchev–Trinajstić information content (AvgIpc) is 3.02. The minimum absolute atomic E-state index is 0. The fourth-order valence-corrected chi connectivity index (χ4v) is 3.32. The third-order valence-corrected chi connectivity index (χ3v) is 4.42. The van der Waals surface area contributed by atoms with Crippen molar-refractivity contribution in [3.63, 3.8) is 0 Å². The number of hydrogen-bond donors (Lipinski definition) is 0. The van der Waals surface area contributed by atoms with Crippen molar-refractivity contribution in [3.8, 4) is 5.69 Å². The van der Waals surface area contributed by atoms with Gasteiger partial charge in [-0.05, 0) is 61.2 Å². The molecule has 4 aromatic rings. The molecule has 0 fully saturated rings. The van der Waals surface area contributed by atoms with E-state index in [1.54, 1.807) is 0 Å². The van der Waals surface area contributed by atoms with Gasteiger partial charge in [-0.25, -0.2) is 0 Å². The molecule has 4 rings (SSSR count). The number of hydrogen-bond acceptors (Lipinski definition) is 1. The molecule has 0 N–H and O–H groups in total. The second kappa shape index (κ2) is 11.1. The Morgan fingerprint density at radius 2 is 1.41 bits per heavy atom. The Morgan fingerprint density at radius 1 is 0.793 bits per heavy atom. The molecule has 0 amide bonds. The number of aryl methyl sites for hydroxylation is 3. The van der Waals surface area contributed by atoms with Crippen LogP contribution >= 0.6 is 0 Å². The summed E-state index contributed by atoms with van der Waals surface area (Å²) in [5, 5.41) is 5.93. The van der Waals surface area contributed by atoms with E-state index in [-0.39, 0.29) is 48.1 Å². The summed E-state index contributed by atoms with van der Waals surface area (Å²) in [6, 6.07) is 20.7. The maximum absolute atomic E-state index is 4.82. The molecule has 3 nitrogen and oxygen atoms in total. The van der Waals surface area contributed by atoms with E-state index in [1.807, 2.05) is 24.3 Å². The zero-order valence-corrected chi connectivity index (χ0v) is 21.8. The first kappa shape index (κ1) is 26.8. The van der Waals surface area contributed by atoms with Crippen molar-refractivity contribution in [3.05, 3.63) is 111 Å². The Kier molecular flexibility index (Phi) is 10.3. The second-order valence-corrected chi connectivity index (χ2v) is 6.46. The number of fused-ring (bicyclic) bond motifs is 1. The van der Waals surface area contributed by atoms with Gasteiger partial charge in [-0.2, -0.15) is 0 Å². The first-order chi connectivity index (χ1) is 12.1. The van der Waals surface area contributed by atoms with Gasteiger partial charge in [0.05, 0.1) is 0 Å². The fraction of sp³-hybridized carbons (Fsp3) is 0.120. The van der Waals surface area contributed by atoms with Gasteiger partial charge in [0, 0.05) is 17.5 Å². The van der Waals surface area contributed by atoms with Crippen LogP contribution in [-0.2, 0) is 25.8 Å². The molecule has 0 saturated carbocycles. The van der Waals surface area contributed by atoms with E-state index in [1.165, 1.54) is 16.7 Å². The summed E-state index contributed by atoms with van der Waals surface area (Å²) in [5.74, 6) is 0.735. The normalized spacial score (nSPS) is 9.48. The molecule has 0 aliphatic rings. The molecule has 0 unspecified atom stereocenters. The van der Waals surface area contributed by atoms with Crippen LogP contribution < -0.4 is 0 Å². The largest absolute Gasteiger partial charge is 4.00 e. The van der Waals surface area contributed by atoms with Crippen LogP contribution in [0.1, 0.15) is 16.7 Å². The van der Waals surface area contributed by atoms with Crippen LogP contribution in [0.5, 0.6) is 0 Å². The first-order valence-corrected chi connectivity index (χ1v) is 8.45. The molecule has 29 heavy (non-hydrogen) atoms. The number of benzene rings is 2. The quantitative estimate of drug-likeness (QED) is 0.191. The zero-order chi connectivity index (χ0) is 17.4. The van der Waals surface area contributed by atoms with E-state index >= 15 is 0 Å². The molecule has 0 aliphatic heterocycles. The summed E-state index contributed by atoms with van der Waals surface area (Å²) in [6.07, 6.45) is 2.05. The van der Waals surface area contributed by atoms with Gasteiger partial charge in [-0.1, -0.05) is 53.8 Å². The van der Waals surface area contributed by atoms with Crippen molar-refractivity contribution in [1.82, 2.24) is 9.55 Å². The molecule has 0 radical (unpaired) electrons. The predicted molar refractivity (Wildman–Crippen MR) is 124 cm³/mol. The second-order valence-electron chi connectivity index (χ2n) is 6.46. The standard InChI is InChI=1S/C22H20N3.3CH3.Hf/c1-15-13-16(2)21(17(3)14-15)23-20-10-9-18-11-12-25(22(18)24-20)19-7-5-4-6-8-19;;;;/h4-14H,1-3H3;3*1H3;/q4*-1;+4. The van der Waals surface area contributed by atoms with E-state index in [4.69, 9.17) is 10.3 Å². The van der Waals surface area contributed by atoms with Crippen molar-refractivity contribution in [2.45, 2.75) is 20.8 Å². The predicted octanol–water partition coefficient (Wildman–Crippen LogP) is 7.64. The zero-order valence-electron chi connectivity index (χ0n) is 18.2. The Balaban J connectivity index is 0.00000196. The molecular formula is C25H29HfN3. The van der Waals surface area contributed by atoms with Gasteiger partial charge < -0.3 is 37.1 Å². The van der Waals surface area contributed by atoms with E-state index in [0.717, 1.165) is 28.2 Å². The van der Waals surface area contributed by atoms with Gasteiger partial charge in [0.2, 0.25) is 0 Å². The molecule has 2 aromatic heterocycles. The molecule has 0 aliphatic carbocycles. The minimum atomic E-state index is 0. The van der Waals surface area contributed by atoms with Crippen molar-refractivity contribution >= 4 is 22.5 Å². The van der Waals surface area contributed by atoms with Crippen LogP contribution in [0.15, 0.2) is 66.9 Å². The molecule has 2 heterocycles. The fourth-order valence-electron chi connectivity index (χ4n) is 3.32. The molecule has 0 saturated heterocycles. The summed E-state index contributed by atoms with van der Waals surface area (Å²) >= 11 is 0. The maximum atomic E-state index is 4.82. The van der Waals surface area contributed by atoms with E-state index < -0.39 is 0 Å². The number of pyridine rings is 1.